The van der Waals surface area contributed by atoms with Crippen LogP contribution < -0.4 is 9.62 Å². The van der Waals surface area contributed by atoms with Crippen molar-refractivity contribution in [3.05, 3.63) is 66.0 Å². The summed E-state index contributed by atoms with van der Waals surface area (Å²) in [6, 6.07) is 14.1. The van der Waals surface area contributed by atoms with Crippen LogP contribution in [0, 0.1) is 5.82 Å². The Morgan fingerprint density at radius 1 is 1.03 bits per heavy atom. The molecule has 1 N–H and O–H groups in total. The monoisotopic (exact) mass is 463 g/mol. The summed E-state index contributed by atoms with van der Waals surface area (Å²) >= 11 is 0. The molecule has 0 spiro atoms. The molecule has 0 saturated carbocycles. The highest BCUT2D eigenvalue weighted by molar-refractivity contribution is 7.92. The zero-order chi connectivity index (χ0) is 23.7. The van der Waals surface area contributed by atoms with Gasteiger partial charge >= 0.3 is 0 Å². The molecule has 0 radical (unpaired) electrons. The first-order chi connectivity index (χ1) is 15.2. The van der Waals surface area contributed by atoms with E-state index in [0.29, 0.717) is 19.4 Å². The average Bonchev–Trinajstić information content (AvgIpc) is 2.75. The van der Waals surface area contributed by atoms with E-state index in [1.165, 1.54) is 23.1 Å². The molecule has 0 aliphatic carbocycles. The lowest BCUT2D eigenvalue weighted by Crippen LogP contribution is -2.53. The number of para-hydroxylation sites is 1. The summed E-state index contributed by atoms with van der Waals surface area (Å²) in [6.07, 6.45) is 1.76. The van der Waals surface area contributed by atoms with Gasteiger partial charge in [-0.1, -0.05) is 49.4 Å². The first-order valence-electron chi connectivity index (χ1n) is 10.5. The van der Waals surface area contributed by atoms with Crippen LogP contribution >= 0.6 is 0 Å². The second-order valence-corrected chi connectivity index (χ2v) is 9.27. The molecule has 2 aromatic carbocycles. The zero-order valence-corrected chi connectivity index (χ0v) is 19.4. The Hall–Kier alpha value is -2.94. The molecule has 2 rings (SSSR count). The highest BCUT2D eigenvalue weighted by atomic mass is 32.2. The van der Waals surface area contributed by atoms with Crippen LogP contribution in [0.5, 0.6) is 0 Å². The topological polar surface area (TPSA) is 86.8 Å². The smallest absolute Gasteiger partial charge is 0.244 e. The lowest BCUT2D eigenvalue weighted by Gasteiger charge is -2.32. The first-order valence-corrected chi connectivity index (χ1v) is 12.4. The van der Waals surface area contributed by atoms with E-state index in [2.05, 4.69) is 5.32 Å². The molecule has 1 atom stereocenters. The van der Waals surface area contributed by atoms with Crippen molar-refractivity contribution in [2.75, 3.05) is 30.2 Å². The predicted octanol–water partition coefficient (Wildman–Crippen LogP) is 2.58. The third-order valence-corrected chi connectivity index (χ3v) is 6.15. The van der Waals surface area contributed by atoms with E-state index in [1.54, 1.807) is 13.8 Å². The van der Waals surface area contributed by atoms with E-state index in [4.69, 9.17) is 0 Å². The van der Waals surface area contributed by atoms with Crippen LogP contribution in [-0.2, 0) is 26.0 Å². The molecule has 9 heteroatoms. The second kappa shape index (κ2) is 11.6. The van der Waals surface area contributed by atoms with E-state index in [-0.39, 0.29) is 18.1 Å². The Bertz CT molecular complexity index is 1010. The highest BCUT2D eigenvalue weighted by Gasteiger charge is 2.31. The fourth-order valence-corrected chi connectivity index (χ4v) is 4.29. The van der Waals surface area contributed by atoms with E-state index >= 15 is 0 Å². The third-order valence-electron chi connectivity index (χ3n) is 5.02. The summed E-state index contributed by atoms with van der Waals surface area (Å²) in [5.41, 5.74) is 0.766. The number of hydrogen-bond donors (Lipinski definition) is 1. The van der Waals surface area contributed by atoms with Crippen LogP contribution in [0.1, 0.15) is 25.8 Å². The molecule has 7 nitrogen and oxygen atoms in total. The van der Waals surface area contributed by atoms with Crippen LogP contribution in [0.3, 0.4) is 0 Å². The standard InChI is InChI=1S/C23H30FN3O4S/c1-4-20(23(29)25-5-2)26(16-15-18-11-7-6-8-12-18)22(28)17-27(32(3,30)31)21-14-10-9-13-19(21)24/h6-14,20H,4-5,15-17H2,1-3H3,(H,25,29). The number of likely N-dealkylation sites (N-methyl/N-ethyl adjacent to an activating group) is 1. The van der Waals surface area contributed by atoms with E-state index in [1.807, 2.05) is 30.3 Å². The Morgan fingerprint density at radius 3 is 2.22 bits per heavy atom. The van der Waals surface area contributed by atoms with Crippen molar-refractivity contribution in [1.29, 1.82) is 0 Å². The maximum absolute atomic E-state index is 14.3. The zero-order valence-electron chi connectivity index (χ0n) is 18.6. The number of carbonyl (C=O) groups excluding carboxylic acids is 2. The SMILES string of the molecule is CCNC(=O)C(CC)N(CCc1ccccc1)C(=O)CN(c1ccccc1F)S(C)(=O)=O. The normalized spacial score (nSPS) is 12.1. The van der Waals surface area contributed by atoms with Crippen molar-refractivity contribution in [1.82, 2.24) is 10.2 Å². The Labute approximate surface area is 189 Å². The number of rotatable bonds is 11. The number of sulfonamides is 1. The number of nitrogens with one attached hydrogen (secondary N) is 1. The number of amides is 2. The largest absolute Gasteiger partial charge is 0.355 e. The number of anilines is 1. The van der Waals surface area contributed by atoms with Gasteiger partial charge in [-0.3, -0.25) is 13.9 Å². The molecule has 32 heavy (non-hydrogen) atoms. The molecule has 0 heterocycles. The van der Waals surface area contributed by atoms with Gasteiger partial charge in [-0.15, -0.1) is 0 Å². The number of nitrogens with zero attached hydrogens (tertiary/aromatic N) is 2. The fourth-order valence-electron chi connectivity index (χ4n) is 3.44. The summed E-state index contributed by atoms with van der Waals surface area (Å²) in [5, 5.41) is 2.73. The summed E-state index contributed by atoms with van der Waals surface area (Å²) in [6.45, 7) is 3.58. The van der Waals surface area contributed by atoms with Gasteiger partial charge in [0, 0.05) is 13.1 Å². The van der Waals surface area contributed by atoms with Gasteiger partial charge in [0.25, 0.3) is 0 Å². The van der Waals surface area contributed by atoms with Crippen molar-refractivity contribution in [2.45, 2.75) is 32.7 Å². The van der Waals surface area contributed by atoms with Gasteiger partial charge < -0.3 is 10.2 Å². The molecule has 2 amide bonds. The van der Waals surface area contributed by atoms with Gasteiger partial charge in [-0.05, 0) is 37.5 Å². The molecule has 0 aliphatic heterocycles. The van der Waals surface area contributed by atoms with Crippen molar-refractivity contribution in [3.8, 4) is 0 Å². The molecule has 0 aromatic heterocycles. The van der Waals surface area contributed by atoms with Gasteiger partial charge in [-0.2, -0.15) is 0 Å². The van der Waals surface area contributed by atoms with Gasteiger partial charge in [0.1, 0.15) is 18.4 Å². The summed E-state index contributed by atoms with van der Waals surface area (Å²) in [7, 11) is -3.95. The van der Waals surface area contributed by atoms with Gasteiger partial charge in [0.05, 0.1) is 11.9 Å². The second-order valence-electron chi connectivity index (χ2n) is 7.36. The summed E-state index contributed by atoms with van der Waals surface area (Å²) < 4.78 is 39.9. The van der Waals surface area contributed by atoms with E-state index < -0.39 is 34.3 Å². The fraction of sp³-hybridized carbons (Fsp3) is 0.391. The number of halogens is 1. The van der Waals surface area contributed by atoms with Crippen molar-refractivity contribution in [2.24, 2.45) is 0 Å². The molecule has 2 aromatic rings. The predicted molar refractivity (Wildman–Crippen MR) is 123 cm³/mol. The Kier molecular flexibility index (Phi) is 9.19. The number of benzene rings is 2. The molecular formula is C23H30FN3O4S. The molecule has 0 bridgehead atoms. The van der Waals surface area contributed by atoms with Crippen molar-refractivity contribution >= 4 is 27.5 Å². The minimum atomic E-state index is -3.95. The van der Waals surface area contributed by atoms with Crippen molar-refractivity contribution in [3.63, 3.8) is 0 Å². The van der Waals surface area contributed by atoms with E-state index in [0.717, 1.165) is 22.2 Å². The first kappa shape index (κ1) is 25.3. The van der Waals surface area contributed by atoms with E-state index in [9.17, 15) is 22.4 Å². The van der Waals surface area contributed by atoms with Gasteiger partial charge in [0.2, 0.25) is 21.8 Å². The molecule has 0 fully saturated rings. The molecule has 0 saturated heterocycles. The van der Waals surface area contributed by atoms with Crippen LogP contribution in [0.4, 0.5) is 10.1 Å². The molecule has 1 unspecified atom stereocenters. The number of carbonyl (C=O) groups is 2. The maximum Gasteiger partial charge on any atom is 0.244 e. The van der Waals surface area contributed by atoms with Crippen LogP contribution in [0.25, 0.3) is 0 Å². The number of hydrogen-bond acceptors (Lipinski definition) is 4. The summed E-state index contributed by atoms with van der Waals surface area (Å²) in [4.78, 5) is 27.4. The Morgan fingerprint density at radius 2 is 1.66 bits per heavy atom. The van der Waals surface area contributed by atoms with Crippen LogP contribution in [-0.4, -0.2) is 57.1 Å². The summed E-state index contributed by atoms with van der Waals surface area (Å²) in [5.74, 6) is -1.64. The Balaban J connectivity index is 2.35. The van der Waals surface area contributed by atoms with Crippen molar-refractivity contribution < 1.29 is 22.4 Å². The minimum Gasteiger partial charge on any atom is -0.355 e. The lowest BCUT2D eigenvalue weighted by molar-refractivity contribution is -0.139. The lowest BCUT2D eigenvalue weighted by atomic mass is 10.1. The molecule has 174 valence electrons. The van der Waals surface area contributed by atoms with Gasteiger partial charge in [-0.25, -0.2) is 12.8 Å². The molecular weight excluding hydrogens is 433 g/mol. The maximum atomic E-state index is 14.3. The average molecular weight is 464 g/mol. The van der Waals surface area contributed by atoms with Gasteiger partial charge in [0.15, 0.2) is 0 Å². The minimum absolute atomic E-state index is 0.211. The third kappa shape index (κ3) is 6.78. The van der Waals surface area contributed by atoms with Crippen LogP contribution in [0.15, 0.2) is 54.6 Å². The quantitative estimate of drug-likeness (QED) is 0.555. The van der Waals surface area contributed by atoms with Crippen LogP contribution in [0.2, 0.25) is 0 Å². The highest BCUT2D eigenvalue weighted by Crippen LogP contribution is 2.22. The molecule has 0 aliphatic rings.